The number of hydrogen-bond acceptors (Lipinski definition) is 7. The summed E-state index contributed by atoms with van der Waals surface area (Å²) in [4.78, 5) is 14.6. The summed E-state index contributed by atoms with van der Waals surface area (Å²) in [6, 6.07) is 0.433. The van der Waals surface area contributed by atoms with Gasteiger partial charge in [-0.1, -0.05) is 11.3 Å². The van der Waals surface area contributed by atoms with Crippen LogP contribution in [0, 0.1) is 6.92 Å². The van der Waals surface area contributed by atoms with Crippen molar-refractivity contribution in [3.8, 4) is 0 Å². The third-order valence-corrected chi connectivity index (χ3v) is 5.51. The molecule has 110 valence electrons. The molecule has 1 saturated heterocycles. The van der Waals surface area contributed by atoms with Gasteiger partial charge in [-0.2, -0.15) is 0 Å². The SMILES string of the molecule is Cc1cn2nc(N3CCN(c4nccs4)[C@@H](C)C3)sc2n1. The molecule has 1 aliphatic rings. The van der Waals surface area contributed by atoms with E-state index in [0.717, 1.165) is 40.6 Å². The number of nitrogens with zero attached hydrogens (tertiary/aromatic N) is 6. The number of fused-ring (bicyclic) bond motifs is 1. The minimum absolute atomic E-state index is 0.433. The zero-order valence-corrected chi connectivity index (χ0v) is 13.6. The first-order chi connectivity index (χ1) is 10.2. The van der Waals surface area contributed by atoms with E-state index in [1.165, 1.54) is 0 Å². The molecule has 6 nitrogen and oxygen atoms in total. The second-order valence-corrected chi connectivity index (χ2v) is 7.10. The minimum Gasteiger partial charge on any atom is -0.343 e. The van der Waals surface area contributed by atoms with Crippen LogP contribution in [0.4, 0.5) is 10.3 Å². The van der Waals surface area contributed by atoms with Crippen molar-refractivity contribution in [2.75, 3.05) is 29.4 Å². The average molecular weight is 320 g/mol. The molecule has 0 amide bonds. The number of hydrogen-bond donors (Lipinski definition) is 0. The van der Waals surface area contributed by atoms with Crippen LogP contribution in [0.15, 0.2) is 17.8 Å². The van der Waals surface area contributed by atoms with Crippen molar-refractivity contribution in [3.63, 3.8) is 0 Å². The smallest absolute Gasteiger partial charge is 0.214 e. The predicted molar refractivity (Wildman–Crippen MR) is 86.7 cm³/mol. The van der Waals surface area contributed by atoms with Crippen LogP contribution >= 0.6 is 22.7 Å². The van der Waals surface area contributed by atoms with Crippen LogP contribution in [0.3, 0.4) is 0 Å². The summed E-state index contributed by atoms with van der Waals surface area (Å²) < 4.78 is 1.88. The summed E-state index contributed by atoms with van der Waals surface area (Å²) in [6.07, 6.45) is 3.85. The van der Waals surface area contributed by atoms with Gasteiger partial charge in [0.25, 0.3) is 0 Å². The summed E-state index contributed by atoms with van der Waals surface area (Å²) >= 11 is 3.37. The van der Waals surface area contributed by atoms with Crippen LogP contribution in [-0.4, -0.2) is 45.3 Å². The Bertz CT molecular complexity index is 714. The molecule has 0 bridgehead atoms. The molecule has 0 unspecified atom stereocenters. The van der Waals surface area contributed by atoms with Crippen molar-refractivity contribution < 1.29 is 0 Å². The molecular weight excluding hydrogens is 304 g/mol. The van der Waals surface area contributed by atoms with Crippen LogP contribution in [0.25, 0.3) is 4.96 Å². The van der Waals surface area contributed by atoms with E-state index in [4.69, 9.17) is 0 Å². The molecule has 4 heterocycles. The van der Waals surface area contributed by atoms with Crippen LogP contribution < -0.4 is 9.80 Å². The van der Waals surface area contributed by atoms with Gasteiger partial charge >= 0.3 is 0 Å². The summed E-state index contributed by atoms with van der Waals surface area (Å²) in [5.74, 6) is 0. The number of piperazine rings is 1. The van der Waals surface area contributed by atoms with Crippen molar-refractivity contribution in [1.29, 1.82) is 0 Å². The lowest BCUT2D eigenvalue weighted by molar-refractivity contribution is 0.547. The number of anilines is 2. The van der Waals surface area contributed by atoms with Gasteiger partial charge in [-0.3, -0.25) is 0 Å². The molecule has 8 heteroatoms. The predicted octanol–water partition coefficient (Wildman–Crippen LogP) is 2.27. The fourth-order valence-corrected chi connectivity index (χ4v) is 4.44. The molecule has 21 heavy (non-hydrogen) atoms. The second-order valence-electron chi connectivity index (χ2n) is 5.30. The average Bonchev–Trinajstić information content (AvgIpc) is 3.13. The van der Waals surface area contributed by atoms with Crippen LogP contribution in [-0.2, 0) is 0 Å². The molecule has 0 saturated carbocycles. The maximum atomic E-state index is 4.65. The number of thiazole rings is 1. The number of aryl methyl sites for hydroxylation is 1. The molecule has 4 rings (SSSR count). The zero-order valence-electron chi connectivity index (χ0n) is 11.9. The van der Waals surface area contributed by atoms with E-state index in [-0.39, 0.29) is 0 Å². The summed E-state index contributed by atoms with van der Waals surface area (Å²) in [6.45, 7) is 7.16. The van der Waals surface area contributed by atoms with Gasteiger partial charge in [-0.15, -0.1) is 16.4 Å². The summed E-state index contributed by atoms with van der Waals surface area (Å²) in [5, 5.41) is 8.86. The van der Waals surface area contributed by atoms with Gasteiger partial charge in [0.2, 0.25) is 10.1 Å². The van der Waals surface area contributed by atoms with E-state index < -0.39 is 0 Å². The maximum Gasteiger partial charge on any atom is 0.214 e. The topological polar surface area (TPSA) is 49.6 Å². The molecule has 0 aliphatic carbocycles. The lowest BCUT2D eigenvalue weighted by Gasteiger charge is -2.39. The molecule has 0 N–H and O–H groups in total. The Morgan fingerprint density at radius 2 is 2.19 bits per heavy atom. The van der Waals surface area contributed by atoms with E-state index in [2.05, 4.69) is 31.8 Å². The monoisotopic (exact) mass is 320 g/mol. The molecule has 3 aromatic heterocycles. The molecular formula is C13H16N6S2. The molecule has 1 fully saturated rings. The largest absolute Gasteiger partial charge is 0.343 e. The minimum atomic E-state index is 0.433. The van der Waals surface area contributed by atoms with Crippen molar-refractivity contribution in [2.24, 2.45) is 0 Å². The highest BCUT2D eigenvalue weighted by Crippen LogP contribution is 2.28. The Hall–Kier alpha value is -1.67. The summed E-state index contributed by atoms with van der Waals surface area (Å²) in [5.41, 5.74) is 1.02. The van der Waals surface area contributed by atoms with Crippen molar-refractivity contribution in [3.05, 3.63) is 23.5 Å². The molecule has 1 atom stereocenters. The van der Waals surface area contributed by atoms with Crippen LogP contribution in [0.5, 0.6) is 0 Å². The Morgan fingerprint density at radius 3 is 2.90 bits per heavy atom. The maximum absolute atomic E-state index is 4.65. The van der Waals surface area contributed by atoms with Gasteiger partial charge in [0, 0.05) is 37.3 Å². The Balaban J connectivity index is 1.54. The number of imidazole rings is 1. The zero-order chi connectivity index (χ0) is 14.4. The first-order valence-corrected chi connectivity index (χ1v) is 8.64. The third kappa shape index (κ3) is 2.28. The van der Waals surface area contributed by atoms with E-state index in [9.17, 15) is 0 Å². The standard InChI is InChI=1S/C13H16N6S2/c1-9-7-19-12(15-9)21-13(16-19)17-4-5-18(10(2)8-17)11-14-3-6-20-11/h3,6-7,10H,4-5,8H2,1-2H3/t10-/m0/s1. The lowest BCUT2D eigenvalue weighted by Crippen LogP contribution is -2.52. The van der Waals surface area contributed by atoms with E-state index >= 15 is 0 Å². The van der Waals surface area contributed by atoms with E-state index in [1.807, 2.05) is 29.2 Å². The van der Waals surface area contributed by atoms with E-state index in [1.54, 1.807) is 22.7 Å². The number of aromatic nitrogens is 4. The fourth-order valence-electron chi connectivity index (χ4n) is 2.70. The normalized spacial score (nSPS) is 19.6. The number of rotatable bonds is 2. The molecule has 0 spiro atoms. The van der Waals surface area contributed by atoms with Crippen molar-refractivity contribution in [2.45, 2.75) is 19.9 Å². The van der Waals surface area contributed by atoms with Gasteiger partial charge in [-0.05, 0) is 13.8 Å². The third-order valence-electron chi connectivity index (χ3n) is 3.72. The lowest BCUT2D eigenvalue weighted by atomic mass is 10.2. The van der Waals surface area contributed by atoms with Crippen LogP contribution in [0.1, 0.15) is 12.6 Å². The molecule has 0 aromatic carbocycles. The quantitative estimate of drug-likeness (QED) is 0.725. The Morgan fingerprint density at radius 1 is 1.29 bits per heavy atom. The van der Waals surface area contributed by atoms with Crippen molar-refractivity contribution in [1.82, 2.24) is 19.6 Å². The summed E-state index contributed by atoms with van der Waals surface area (Å²) in [7, 11) is 0. The highest BCUT2D eigenvalue weighted by Gasteiger charge is 2.27. The van der Waals surface area contributed by atoms with Gasteiger partial charge < -0.3 is 9.80 Å². The molecule has 3 aromatic rings. The first kappa shape index (κ1) is 13.0. The van der Waals surface area contributed by atoms with Gasteiger partial charge in [0.05, 0.1) is 11.9 Å². The van der Waals surface area contributed by atoms with Crippen molar-refractivity contribution >= 4 is 37.9 Å². The fraction of sp³-hybridized carbons (Fsp3) is 0.462. The van der Waals surface area contributed by atoms with Crippen LogP contribution in [0.2, 0.25) is 0 Å². The Labute approximate surface area is 130 Å². The van der Waals surface area contributed by atoms with Gasteiger partial charge in [0.15, 0.2) is 5.13 Å². The highest BCUT2D eigenvalue weighted by atomic mass is 32.1. The molecule has 0 radical (unpaired) electrons. The highest BCUT2D eigenvalue weighted by molar-refractivity contribution is 7.20. The van der Waals surface area contributed by atoms with Gasteiger partial charge in [-0.25, -0.2) is 14.5 Å². The second kappa shape index (κ2) is 4.96. The first-order valence-electron chi connectivity index (χ1n) is 6.94. The van der Waals surface area contributed by atoms with E-state index in [0.29, 0.717) is 6.04 Å². The van der Waals surface area contributed by atoms with Gasteiger partial charge in [0.1, 0.15) is 0 Å². The Kier molecular flexibility index (Phi) is 3.07. The molecule has 1 aliphatic heterocycles.